The van der Waals surface area contributed by atoms with E-state index in [1.165, 1.54) is 0 Å². The van der Waals surface area contributed by atoms with E-state index in [9.17, 15) is 9.59 Å². The van der Waals surface area contributed by atoms with E-state index in [2.05, 4.69) is 15.5 Å². The maximum Gasteiger partial charge on any atom is 0.407 e. The van der Waals surface area contributed by atoms with Gasteiger partial charge < -0.3 is 20.1 Å². The van der Waals surface area contributed by atoms with Crippen molar-refractivity contribution >= 4 is 18.1 Å². The zero-order valence-corrected chi connectivity index (χ0v) is 14.2. The van der Waals surface area contributed by atoms with Crippen molar-refractivity contribution in [3.63, 3.8) is 0 Å². The maximum absolute atomic E-state index is 12.1. The summed E-state index contributed by atoms with van der Waals surface area (Å²) in [5.41, 5.74) is 0.915. The Bertz CT molecular complexity index is 661. The number of carbonyl (C=O) groups is 2. The minimum atomic E-state index is -0.350. The molecule has 3 rings (SSSR count). The lowest BCUT2D eigenvalue weighted by molar-refractivity contribution is -0.117. The molecule has 2 heterocycles. The summed E-state index contributed by atoms with van der Waals surface area (Å²) >= 11 is 0. The lowest BCUT2D eigenvalue weighted by Gasteiger charge is -2.18. The molecular formula is C18H23N3O4. The van der Waals surface area contributed by atoms with Crippen LogP contribution in [0.4, 0.5) is 4.79 Å². The van der Waals surface area contributed by atoms with Gasteiger partial charge in [-0.15, -0.1) is 0 Å². The second kappa shape index (κ2) is 8.02. The number of carbonyl (C=O) groups excluding carboxylic acids is 2. The highest BCUT2D eigenvalue weighted by molar-refractivity contribution is 5.92. The number of ether oxygens (including phenoxy) is 2. The first-order valence-corrected chi connectivity index (χ1v) is 8.42. The summed E-state index contributed by atoms with van der Waals surface area (Å²) < 4.78 is 10.3. The van der Waals surface area contributed by atoms with Crippen LogP contribution in [0.5, 0.6) is 5.75 Å². The molecule has 0 aromatic heterocycles. The van der Waals surface area contributed by atoms with E-state index in [1.807, 2.05) is 24.3 Å². The number of nitrogens with one attached hydrogen (secondary N) is 2. The van der Waals surface area contributed by atoms with Gasteiger partial charge in [-0.25, -0.2) is 4.79 Å². The SMILES string of the molecule is COc1cccc(/C=C/C(=O)N[C@H]2CCN(CC3CNC(=O)O3)C2)c1. The Balaban J connectivity index is 1.43. The Morgan fingerprint density at radius 1 is 1.52 bits per heavy atom. The fourth-order valence-electron chi connectivity index (χ4n) is 3.10. The zero-order chi connectivity index (χ0) is 17.6. The molecule has 2 fully saturated rings. The topological polar surface area (TPSA) is 79.9 Å². The molecule has 25 heavy (non-hydrogen) atoms. The normalized spacial score (nSPS) is 23.5. The average Bonchev–Trinajstić information content (AvgIpc) is 3.22. The number of hydrogen-bond donors (Lipinski definition) is 2. The summed E-state index contributed by atoms with van der Waals surface area (Å²) in [6, 6.07) is 7.66. The Morgan fingerprint density at radius 3 is 3.16 bits per heavy atom. The predicted octanol–water partition coefficient (Wildman–Crippen LogP) is 1.01. The molecule has 2 N–H and O–H groups in total. The first-order valence-electron chi connectivity index (χ1n) is 8.42. The molecule has 0 bridgehead atoms. The molecule has 0 spiro atoms. The molecule has 0 aliphatic carbocycles. The van der Waals surface area contributed by atoms with Crippen molar-refractivity contribution in [1.82, 2.24) is 15.5 Å². The van der Waals surface area contributed by atoms with Gasteiger partial charge in [0.05, 0.1) is 13.7 Å². The van der Waals surface area contributed by atoms with E-state index in [4.69, 9.17) is 9.47 Å². The fraction of sp³-hybridized carbons (Fsp3) is 0.444. The van der Waals surface area contributed by atoms with Gasteiger partial charge in [0.15, 0.2) is 0 Å². The predicted molar refractivity (Wildman–Crippen MR) is 93.3 cm³/mol. The molecule has 2 atom stereocenters. The minimum absolute atomic E-state index is 0.102. The first kappa shape index (κ1) is 17.3. The minimum Gasteiger partial charge on any atom is -0.497 e. The van der Waals surface area contributed by atoms with Crippen LogP contribution in [0.25, 0.3) is 6.08 Å². The maximum atomic E-state index is 12.1. The van der Waals surface area contributed by atoms with Gasteiger partial charge >= 0.3 is 6.09 Å². The first-order chi connectivity index (χ1) is 12.1. The molecule has 1 aromatic carbocycles. The highest BCUT2D eigenvalue weighted by Crippen LogP contribution is 2.14. The number of rotatable bonds is 6. The molecule has 1 unspecified atom stereocenters. The number of likely N-dealkylation sites (tertiary alicyclic amines) is 1. The molecule has 2 aliphatic rings. The number of methoxy groups -OCH3 is 1. The summed E-state index contributed by atoms with van der Waals surface area (Å²) in [5.74, 6) is 0.653. The van der Waals surface area contributed by atoms with Crippen molar-refractivity contribution in [2.24, 2.45) is 0 Å². The van der Waals surface area contributed by atoms with Crippen LogP contribution in [0.2, 0.25) is 0 Å². The van der Waals surface area contributed by atoms with Gasteiger partial charge in [-0.1, -0.05) is 12.1 Å². The summed E-state index contributed by atoms with van der Waals surface area (Å²) in [4.78, 5) is 25.3. The fourth-order valence-corrected chi connectivity index (χ4v) is 3.10. The van der Waals surface area contributed by atoms with Crippen LogP contribution in [-0.4, -0.2) is 62.3 Å². The molecule has 7 heteroatoms. The van der Waals surface area contributed by atoms with E-state index in [0.717, 1.165) is 30.8 Å². The van der Waals surface area contributed by atoms with Crippen LogP contribution in [0.3, 0.4) is 0 Å². The number of nitrogens with zero attached hydrogens (tertiary/aromatic N) is 1. The molecule has 0 saturated carbocycles. The number of alkyl carbamates (subject to hydrolysis) is 1. The van der Waals surface area contributed by atoms with Crippen LogP contribution in [0.1, 0.15) is 12.0 Å². The third-order valence-electron chi connectivity index (χ3n) is 4.35. The van der Waals surface area contributed by atoms with Crippen molar-refractivity contribution in [3.8, 4) is 5.75 Å². The summed E-state index contributed by atoms with van der Waals surface area (Å²) in [6.07, 6.45) is 3.76. The Kier molecular flexibility index (Phi) is 5.55. The van der Waals surface area contributed by atoms with Gasteiger partial charge in [-0.3, -0.25) is 9.69 Å². The van der Waals surface area contributed by atoms with E-state index >= 15 is 0 Å². The largest absolute Gasteiger partial charge is 0.497 e. The molecule has 2 aliphatic heterocycles. The summed E-state index contributed by atoms with van der Waals surface area (Å²) in [5, 5.41) is 5.67. The Labute approximate surface area is 147 Å². The van der Waals surface area contributed by atoms with Crippen molar-refractivity contribution in [2.75, 3.05) is 33.3 Å². The highest BCUT2D eigenvalue weighted by atomic mass is 16.6. The average molecular weight is 345 g/mol. The van der Waals surface area contributed by atoms with Crippen molar-refractivity contribution < 1.29 is 19.1 Å². The third-order valence-corrected chi connectivity index (χ3v) is 4.35. The van der Waals surface area contributed by atoms with Crippen LogP contribution in [0.15, 0.2) is 30.3 Å². The van der Waals surface area contributed by atoms with Gasteiger partial charge in [-0.2, -0.15) is 0 Å². The second-order valence-corrected chi connectivity index (χ2v) is 6.27. The summed E-state index contributed by atoms with van der Waals surface area (Å²) in [6.45, 7) is 2.91. The van der Waals surface area contributed by atoms with Gasteiger partial charge in [0.1, 0.15) is 11.9 Å². The molecule has 2 saturated heterocycles. The van der Waals surface area contributed by atoms with Crippen molar-refractivity contribution in [3.05, 3.63) is 35.9 Å². The molecule has 134 valence electrons. The van der Waals surface area contributed by atoms with Gasteiger partial charge in [0.2, 0.25) is 5.91 Å². The third kappa shape index (κ3) is 4.96. The van der Waals surface area contributed by atoms with Gasteiger partial charge in [0, 0.05) is 31.8 Å². The summed E-state index contributed by atoms with van der Waals surface area (Å²) in [7, 11) is 1.62. The van der Waals surface area contributed by atoms with Crippen LogP contribution in [0, 0.1) is 0 Å². The van der Waals surface area contributed by atoms with Crippen molar-refractivity contribution in [2.45, 2.75) is 18.6 Å². The van der Waals surface area contributed by atoms with Crippen molar-refractivity contribution in [1.29, 1.82) is 0 Å². The van der Waals surface area contributed by atoms with Crippen LogP contribution < -0.4 is 15.4 Å². The molecule has 0 radical (unpaired) electrons. The van der Waals surface area contributed by atoms with Gasteiger partial charge in [-0.05, 0) is 30.2 Å². The molecular weight excluding hydrogens is 322 g/mol. The highest BCUT2D eigenvalue weighted by Gasteiger charge is 2.29. The van der Waals surface area contributed by atoms with Gasteiger partial charge in [0.25, 0.3) is 0 Å². The number of hydrogen-bond acceptors (Lipinski definition) is 5. The zero-order valence-electron chi connectivity index (χ0n) is 14.2. The lowest BCUT2D eigenvalue weighted by atomic mass is 10.2. The Hall–Kier alpha value is -2.54. The van der Waals surface area contributed by atoms with E-state index in [-0.39, 0.29) is 24.1 Å². The van der Waals surface area contributed by atoms with Crippen LogP contribution >= 0.6 is 0 Å². The van der Waals surface area contributed by atoms with Crippen LogP contribution in [-0.2, 0) is 9.53 Å². The number of benzene rings is 1. The molecule has 2 amide bonds. The second-order valence-electron chi connectivity index (χ2n) is 6.27. The monoisotopic (exact) mass is 345 g/mol. The Morgan fingerprint density at radius 2 is 2.40 bits per heavy atom. The van der Waals surface area contributed by atoms with E-state index < -0.39 is 0 Å². The smallest absolute Gasteiger partial charge is 0.407 e. The number of amides is 2. The lowest BCUT2D eigenvalue weighted by Crippen LogP contribution is -2.38. The molecule has 1 aromatic rings. The quantitative estimate of drug-likeness (QED) is 0.752. The number of cyclic esters (lactones) is 1. The van der Waals surface area contributed by atoms with E-state index in [0.29, 0.717) is 13.1 Å². The van der Waals surface area contributed by atoms with E-state index in [1.54, 1.807) is 19.3 Å². The molecule has 7 nitrogen and oxygen atoms in total. The standard InChI is InChI=1S/C18H23N3O4/c1-24-15-4-2-3-13(9-15)5-6-17(22)20-14-7-8-21(11-14)12-16-10-19-18(23)25-16/h2-6,9,14,16H,7-8,10-12H2,1H3,(H,19,23)(H,20,22)/b6-5+/t14-,16?/m0/s1.